The van der Waals surface area contributed by atoms with Crippen molar-refractivity contribution in [2.24, 2.45) is 0 Å². The van der Waals surface area contributed by atoms with E-state index in [2.05, 4.69) is 6.42 Å². The van der Waals surface area contributed by atoms with Gasteiger partial charge in [-0.25, -0.2) is 4.39 Å². The van der Waals surface area contributed by atoms with Crippen molar-refractivity contribution >= 4 is 0 Å². The third-order valence-electron chi connectivity index (χ3n) is 1.77. The standard InChI is InChI=1S/C8H14FO.W/c1-7(9)10-8-5-3-2-4-6-8;/h2,7-8H,3-6H2,1H3;/q-1;. The van der Waals surface area contributed by atoms with Gasteiger partial charge < -0.3 is 11.2 Å². The summed E-state index contributed by atoms with van der Waals surface area (Å²) in [5.74, 6) is 0. The van der Waals surface area contributed by atoms with Crippen LogP contribution in [0.1, 0.15) is 32.6 Å². The molecule has 1 nitrogen and oxygen atoms in total. The molecular weight excluding hydrogens is 315 g/mol. The van der Waals surface area contributed by atoms with E-state index in [0.29, 0.717) is 0 Å². The number of hydrogen-bond donors (Lipinski definition) is 0. The van der Waals surface area contributed by atoms with Crippen LogP contribution < -0.4 is 0 Å². The third kappa shape index (κ3) is 4.92. The van der Waals surface area contributed by atoms with Gasteiger partial charge in [0.15, 0.2) is 6.36 Å². The molecule has 3 heteroatoms. The van der Waals surface area contributed by atoms with Crippen LogP contribution in [0.3, 0.4) is 0 Å². The summed E-state index contributed by atoms with van der Waals surface area (Å²) in [5, 5.41) is 0. The van der Waals surface area contributed by atoms with Crippen molar-refractivity contribution in [1.29, 1.82) is 0 Å². The first-order chi connectivity index (χ1) is 4.79. The predicted molar refractivity (Wildman–Crippen MR) is 38.2 cm³/mol. The summed E-state index contributed by atoms with van der Waals surface area (Å²) in [4.78, 5) is 0. The van der Waals surface area contributed by atoms with Crippen molar-refractivity contribution in [3.63, 3.8) is 0 Å². The van der Waals surface area contributed by atoms with Gasteiger partial charge in [0.25, 0.3) is 0 Å². The van der Waals surface area contributed by atoms with Crippen molar-refractivity contribution in [2.75, 3.05) is 0 Å². The molecule has 66 valence electrons. The quantitative estimate of drug-likeness (QED) is 0.708. The maximum atomic E-state index is 12.3. The number of alkyl halides is 1. The van der Waals surface area contributed by atoms with E-state index in [0.717, 1.165) is 25.7 Å². The van der Waals surface area contributed by atoms with E-state index in [-0.39, 0.29) is 27.2 Å². The summed E-state index contributed by atoms with van der Waals surface area (Å²) in [5.41, 5.74) is 0. The van der Waals surface area contributed by atoms with Crippen LogP contribution in [0.15, 0.2) is 0 Å². The second-order valence-electron chi connectivity index (χ2n) is 2.74. The summed E-state index contributed by atoms with van der Waals surface area (Å²) < 4.78 is 17.3. The van der Waals surface area contributed by atoms with Gasteiger partial charge in [-0.05, 0) is 6.92 Å². The summed E-state index contributed by atoms with van der Waals surface area (Å²) >= 11 is 0. The van der Waals surface area contributed by atoms with Gasteiger partial charge in [-0.3, -0.25) is 0 Å². The summed E-state index contributed by atoms with van der Waals surface area (Å²) in [7, 11) is 0. The van der Waals surface area contributed by atoms with Gasteiger partial charge in [-0.15, -0.1) is 0 Å². The topological polar surface area (TPSA) is 9.23 Å². The fraction of sp³-hybridized carbons (Fsp3) is 0.875. The van der Waals surface area contributed by atoms with Crippen LogP contribution in [0.2, 0.25) is 0 Å². The molecule has 0 amide bonds. The first kappa shape index (κ1) is 11.6. The van der Waals surface area contributed by atoms with Gasteiger partial charge in [0, 0.05) is 21.1 Å². The van der Waals surface area contributed by atoms with E-state index in [1.807, 2.05) is 0 Å². The molecule has 0 spiro atoms. The van der Waals surface area contributed by atoms with Crippen LogP contribution in [0.25, 0.3) is 0 Å². The fourth-order valence-corrected chi connectivity index (χ4v) is 1.30. The van der Waals surface area contributed by atoms with Crippen molar-refractivity contribution in [2.45, 2.75) is 45.1 Å². The normalized spacial score (nSPS) is 22.4. The predicted octanol–water partition coefficient (Wildman–Crippen LogP) is 2.46. The molecule has 0 saturated heterocycles. The minimum atomic E-state index is -1.09. The molecule has 11 heavy (non-hydrogen) atoms. The van der Waals surface area contributed by atoms with Gasteiger partial charge in [-0.2, -0.15) is 12.8 Å². The zero-order chi connectivity index (χ0) is 7.40. The molecule has 1 fully saturated rings. The van der Waals surface area contributed by atoms with Crippen molar-refractivity contribution in [1.82, 2.24) is 0 Å². The average molecular weight is 329 g/mol. The molecule has 1 rings (SSSR count). The smallest absolute Gasteiger partial charge is 0.196 e. The van der Waals surface area contributed by atoms with Crippen LogP contribution >= 0.6 is 0 Å². The monoisotopic (exact) mass is 329 g/mol. The Bertz CT molecular complexity index is 92.1. The zero-order valence-corrected chi connectivity index (χ0v) is 9.69. The van der Waals surface area contributed by atoms with Gasteiger partial charge >= 0.3 is 0 Å². The number of halogens is 1. The first-order valence-electron chi connectivity index (χ1n) is 3.90. The van der Waals surface area contributed by atoms with Gasteiger partial charge in [0.2, 0.25) is 0 Å². The minimum absolute atomic E-state index is 0. The van der Waals surface area contributed by atoms with E-state index in [9.17, 15) is 4.39 Å². The maximum Gasteiger partial charge on any atom is 0.196 e. The van der Waals surface area contributed by atoms with Crippen molar-refractivity contribution in [3.8, 4) is 0 Å². The summed E-state index contributed by atoms with van der Waals surface area (Å²) in [6, 6.07) is 0. The molecule has 0 aromatic rings. The van der Waals surface area contributed by atoms with Gasteiger partial charge in [0.05, 0.1) is 6.10 Å². The molecular formula is C8H14FOW-. The van der Waals surface area contributed by atoms with E-state index >= 15 is 0 Å². The van der Waals surface area contributed by atoms with Crippen LogP contribution in [0.5, 0.6) is 0 Å². The van der Waals surface area contributed by atoms with E-state index in [1.54, 1.807) is 0 Å². The summed E-state index contributed by atoms with van der Waals surface area (Å²) in [6.45, 7) is 1.44. The Morgan fingerprint density at radius 2 is 2.00 bits per heavy atom. The van der Waals surface area contributed by atoms with E-state index in [1.165, 1.54) is 6.92 Å². The average Bonchev–Trinajstić information content (AvgIpc) is 1.88. The molecule has 0 bridgehead atoms. The van der Waals surface area contributed by atoms with Crippen LogP contribution in [0.4, 0.5) is 4.39 Å². The number of ether oxygens (including phenoxy) is 1. The molecule has 1 saturated carbocycles. The molecule has 1 aliphatic rings. The maximum absolute atomic E-state index is 12.3. The second-order valence-corrected chi connectivity index (χ2v) is 2.74. The largest absolute Gasteiger partial charge is 0.345 e. The Balaban J connectivity index is 0.000001000. The van der Waals surface area contributed by atoms with Gasteiger partial charge in [0.1, 0.15) is 0 Å². The second kappa shape index (κ2) is 6.13. The van der Waals surface area contributed by atoms with Crippen LogP contribution in [0, 0.1) is 6.42 Å². The van der Waals surface area contributed by atoms with E-state index in [4.69, 9.17) is 4.74 Å². The van der Waals surface area contributed by atoms with Crippen LogP contribution in [-0.2, 0) is 25.8 Å². The minimum Gasteiger partial charge on any atom is -0.345 e. The molecule has 1 atom stereocenters. The Labute approximate surface area is 82.0 Å². The molecule has 1 aliphatic carbocycles. The molecule has 0 heterocycles. The van der Waals surface area contributed by atoms with Crippen LogP contribution in [-0.4, -0.2) is 12.5 Å². The zero-order valence-electron chi connectivity index (χ0n) is 6.75. The Morgan fingerprint density at radius 1 is 1.45 bits per heavy atom. The SMILES string of the molecule is CC(F)OC1CC[CH-]CC1.[W]. The third-order valence-corrected chi connectivity index (χ3v) is 1.77. The molecule has 0 aliphatic heterocycles. The van der Waals surface area contributed by atoms with Crippen molar-refractivity contribution in [3.05, 3.63) is 6.42 Å². The molecule has 0 aromatic carbocycles. The van der Waals surface area contributed by atoms with Crippen molar-refractivity contribution < 1.29 is 30.2 Å². The Kier molecular flexibility index (Phi) is 6.46. The summed E-state index contributed by atoms with van der Waals surface area (Å²) in [6.07, 6.45) is 5.47. The first-order valence-corrected chi connectivity index (χ1v) is 3.90. The fourth-order valence-electron chi connectivity index (χ4n) is 1.30. The molecule has 0 N–H and O–H groups in total. The Morgan fingerprint density at radius 3 is 2.45 bits per heavy atom. The molecule has 1 unspecified atom stereocenters. The molecule has 0 aromatic heterocycles. The van der Waals surface area contributed by atoms with Gasteiger partial charge in [-0.1, -0.05) is 12.8 Å². The number of rotatable bonds is 2. The molecule has 0 radical (unpaired) electrons. The number of hydrogen-bond acceptors (Lipinski definition) is 1. The van der Waals surface area contributed by atoms with E-state index < -0.39 is 6.36 Å². The Hall–Kier alpha value is 0.578.